The Hall–Kier alpha value is -5.26. The minimum Gasteiger partial charge on any atom is -0.480 e. The van der Waals surface area contributed by atoms with Crippen LogP contribution >= 0.6 is 0 Å². The number of rotatable bonds is 8. The van der Waals surface area contributed by atoms with Gasteiger partial charge in [-0.3, -0.25) is 25.1 Å². The molecule has 0 radical (unpaired) electrons. The molecule has 0 aliphatic carbocycles. The van der Waals surface area contributed by atoms with Gasteiger partial charge in [-0.1, -0.05) is 30.3 Å². The first kappa shape index (κ1) is 24.4. The van der Waals surface area contributed by atoms with Crippen LogP contribution in [-0.2, 0) is 4.79 Å². The topological polar surface area (TPSA) is 189 Å². The predicted molar refractivity (Wildman–Crippen MR) is 131 cm³/mol. The van der Waals surface area contributed by atoms with Gasteiger partial charge < -0.3 is 20.7 Å². The smallest absolute Gasteiger partial charge is 0.322 e. The molecule has 0 saturated heterocycles. The molecule has 12 nitrogen and oxygen atoms in total. The number of benzene rings is 2. The number of nitrogens with two attached hydrogens (primary N) is 1. The Balaban J connectivity index is 0.000000297. The molecule has 0 bridgehead atoms. The Morgan fingerprint density at radius 3 is 2.57 bits per heavy atom. The standard InChI is InChI=1S/C14H14N6O2.C9H9NO3/c15-14(16)18-17-9-3-5-11-6-4-10-19(11)12-7-1-2-8-13(12)20(21)22;11-8(12)6-10-9(13)7-4-2-1-3-5-7/h1-10H,(H4,15,16,18);1-5H,6H2,(H,10,13)(H,11,12). The van der Waals surface area contributed by atoms with Gasteiger partial charge in [0.2, 0.25) is 5.96 Å². The SMILES string of the molecule is O=C(O)CNC(=O)c1ccccc1.[H]/N=C(\N)NN=CC=Cc1cccn1-c1ccccc1[N+](=O)[O-]. The van der Waals surface area contributed by atoms with Gasteiger partial charge in [0.25, 0.3) is 11.6 Å². The summed E-state index contributed by atoms with van der Waals surface area (Å²) in [5.74, 6) is -1.55. The van der Waals surface area contributed by atoms with Crippen molar-refractivity contribution in [3.8, 4) is 5.69 Å². The zero-order valence-corrected chi connectivity index (χ0v) is 18.3. The van der Waals surface area contributed by atoms with Crippen molar-refractivity contribution in [2.24, 2.45) is 10.8 Å². The fraction of sp³-hybridized carbons (Fsp3) is 0.0435. The summed E-state index contributed by atoms with van der Waals surface area (Å²) in [7, 11) is 0. The van der Waals surface area contributed by atoms with Crippen molar-refractivity contribution in [2.45, 2.75) is 0 Å². The third-order valence-electron chi connectivity index (χ3n) is 4.16. The number of amides is 1. The highest BCUT2D eigenvalue weighted by molar-refractivity contribution is 5.95. The van der Waals surface area contributed by atoms with Gasteiger partial charge in [0.05, 0.1) is 4.92 Å². The van der Waals surface area contributed by atoms with Crippen molar-refractivity contribution in [1.82, 2.24) is 15.3 Å². The summed E-state index contributed by atoms with van der Waals surface area (Å²) in [5.41, 5.74) is 9.29. The number of hydrogen-bond donors (Lipinski definition) is 5. The van der Waals surface area contributed by atoms with Crippen LogP contribution in [0.25, 0.3) is 11.8 Å². The van der Waals surface area contributed by atoms with Gasteiger partial charge in [0, 0.05) is 29.7 Å². The number of nitrogens with one attached hydrogen (secondary N) is 3. The van der Waals surface area contributed by atoms with Crippen molar-refractivity contribution in [3.63, 3.8) is 0 Å². The molecule has 0 spiro atoms. The third kappa shape index (κ3) is 8.65. The molecular formula is C23H23N7O5. The van der Waals surface area contributed by atoms with E-state index < -0.39 is 10.9 Å². The lowest BCUT2D eigenvalue weighted by atomic mass is 10.2. The quantitative estimate of drug-likeness (QED) is 0.142. The number of carbonyl (C=O) groups is 2. The Bertz CT molecular complexity index is 1270. The molecule has 0 aliphatic heterocycles. The average Bonchev–Trinajstić information content (AvgIpc) is 3.36. The molecule has 6 N–H and O–H groups in total. The second kappa shape index (κ2) is 13.3. The summed E-state index contributed by atoms with van der Waals surface area (Å²) in [6.07, 6.45) is 6.53. The summed E-state index contributed by atoms with van der Waals surface area (Å²) in [6.45, 7) is -0.353. The lowest BCUT2D eigenvalue weighted by molar-refractivity contribution is -0.384. The van der Waals surface area contributed by atoms with Crippen LogP contribution in [0.3, 0.4) is 0 Å². The van der Waals surface area contributed by atoms with Crippen LogP contribution in [0.4, 0.5) is 5.69 Å². The highest BCUT2D eigenvalue weighted by atomic mass is 16.6. The molecule has 0 atom stereocenters. The van der Waals surface area contributed by atoms with E-state index in [0.29, 0.717) is 11.3 Å². The van der Waals surface area contributed by atoms with E-state index in [1.807, 2.05) is 6.07 Å². The average molecular weight is 477 g/mol. The van der Waals surface area contributed by atoms with E-state index in [1.54, 1.807) is 77.5 Å². The number of para-hydroxylation sites is 2. The van der Waals surface area contributed by atoms with Crippen molar-refractivity contribution in [3.05, 3.63) is 100 Å². The third-order valence-corrected chi connectivity index (χ3v) is 4.16. The van der Waals surface area contributed by atoms with Crippen LogP contribution in [-0.4, -0.2) is 45.2 Å². The minimum absolute atomic E-state index is 0.0214. The van der Waals surface area contributed by atoms with Gasteiger partial charge in [0.15, 0.2) is 1.41 Å². The first-order chi connectivity index (χ1) is 17.3. The molecule has 0 fully saturated rings. The molecular weight excluding hydrogens is 454 g/mol. The zero-order valence-electron chi connectivity index (χ0n) is 19.3. The van der Waals surface area contributed by atoms with Gasteiger partial charge >= 0.3 is 5.97 Å². The Morgan fingerprint density at radius 1 is 1.17 bits per heavy atom. The van der Waals surface area contributed by atoms with Crippen molar-refractivity contribution < 1.29 is 21.0 Å². The van der Waals surface area contributed by atoms with E-state index in [-0.39, 0.29) is 24.1 Å². The molecule has 35 heavy (non-hydrogen) atoms. The van der Waals surface area contributed by atoms with Gasteiger partial charge in [-0.2, -0.15) is 5.10 Å². The van der Waals surface area contributed by atoms with Crippen LogP contribution < -0.4 is 16.5 Å². The summed E-state index contributed by atoms with van der Waals surface area (Å²) in [6, 6.07) is 18.6. The van der Waals surface area contributed by atoms with Gasteiger partial charge in [-0.15, -0.1) is 0 Å². The molecule has 3 aromatic rings. The maximum Gasteiger partial charge on any atom is 0.322 e. The number of aromatic nitrogens is 1. The number of carbonyl (C=O) groups excluding carboxylic acids is 1. The number of nitro groups is 1. The van der Waals surface area contributed by atoms with Gasteiger partial charge in [-0.05, 0) is 42.5 Å². The second-order valence-corrected chi connectivity index (χ2v) is 6.63. The second-order valence-electron chi connectivity index (χ2n) is 6.63. The van der Waals surface area contributed by atoms with Crippen LogP contribution in [0, 0.1) is 15.5 Å². The first-order valence-electron chi connectivity index (χ1n) is 10.5. The lowest BCUT2D eigenvalue weighted by Gasteiger charge is -2.06. The molecule has 0 aliphatic rings. The number of nitrogens with zero attached hydrogens (tertiary/aromatic N) is 3. The van der Waals surface area contributed by atoms with E-state index in [2.05, 4.69) is 21.2 Å². The number of hydrazone groups is 1. The molecule has 3 rings (SSSR count). The zero-order chi connectivity index (χ0) is 26.3. The Kier molecular flexibility index (Phi) is 9.28. The summed E-state index contributed by atoms with van der Waals surface area (Å²) in [4.78, 5) is 32.0. The molecule has 0 saturated carbocycles. The van der Waals surface area contributed by atoms with E-state index in [9.17, 15) is 19.7 Å². The van der Waals surface area contributed by atoms with E-state index in [0.717, 1.165) is 5.69 Å². The number of carboxylic acid groups (broad SMARTS) is 1. The lowest BCUT2D eigenvalue weighted by Crippen LogP contribution is -2.29. The monoisotopic (exact) mass is 477 g/mol. The normalized spacial score (nSPS) is 11.4. The fourth-order valence-electron chi connectivity index (χ4n) is 2.71. The molecule has 1 amide bonds. The highest BCUT2D eigenvalue weighted by Gasteiger charge is 2.14. The van der Waals surface area contributed by atoms with E-state index in [4.69, 9.17) is 12.3 Å². The number of guanidine groups is 1. The molecule has 1 heterocycles. The van der Waals surface area contributed by atoms with Crippen molar-refractivity contribution in [2.75, 3.05) is 6.54 Å². The van der Waals surface area contributed by atoms with Crippen LogP contribution in [0.1, 0.15) is 16.1 Å². The molecule has 0 unspecified atom stereocenters. The fourth-order valence-corrected chi connectivity index (χ4v) is 2.71. The van der Waals surface area contributed by atoms with Crippen LogP contribution in [0.2, 0.25) is 1.41 Å². The number of allylic oxidation sites excluding steroid dienone is 1. The number of hydrogen-bond acceptors (Lipinski definition) is 6. The predicted octanol–water partition coefficient (Wildman–Crippen LogP) is 2.37. The van der Waals surface area contributed by atoms with Gasteiger partial charge in [-0.25, -0.2) is 5.43 Å². The Labute approximate surface area is 201 Å². The van der Waals surface area contributed by atoms with Crippen molar-refractivity contribution in [1.29, 1.82) is 5.40 Å². The molecule has 1 aromatic heterocycles. The summed E-state index contributed by atoms with van der Waals surface area (Å²) >= 11 is 0. The van der Waals surface area contributed by atoms with E-state index in [1.165, 1.54) is 12.3 Å². The number of nitro benzene ring substituents is 1. The maximum absolute atomic E-state index is 11.2. The van der Waals surface area contributed by atoms with Crippen LogP contribution in [0.5, 0.6) is 0 Å². The number of carboxylic acids is 1. The van der Waals surface area contributed by atoms with Gasteiger partial charge in [0.1, 0.15) is 12.2 Å². The van der Waals surface area contributed by atoms with Crippen molar-refractivity contribution >= 4 is 35.8 Å². The maximum atomic E-state index is 11.2. The molecule has 2 aromatic carbocycles. The summed E-state index contributed by atoms with van der Waals surface area (Å²) < 4.78 is 8.33. The van der Waals surface area contributed by atoms with E-state index >= 15 is 0 Å². The Morgan fingerprint density at radius 2 is 1.89 bits per heavy atom. The summed E-state index contributed by atoms with van der Waals surface area (Å²) in [5, 5.41) is 28.4. The molecule has 180 valence electrons. The molecule has 12 heteroatoms. The minimum atomic E-state index is -1.05. The largest absolute Gasteiger partial charge is 0.480 e. The number of aliphatic carboxylic acids is 1. The van der Waals surface area contributed by atoms with Crippen LogP contribution in [0.15, 0.2) is 84.1 Å². The first-order valence-corrected chi connectivity index (χ1v) is 10.0. The highest BCUT2D eigenvalue weighted by Crippen LogP contribution is 2.24.